The number of nitrogens with zero attached hydrogens (tertiary/aromatic N) is 2. The molecule has 0 saturated heterocycles. The van der Waals surface area contributed by atoms with Crippen molar-refractivity contribution in [2.45, 2.75) is 45.2 Å². The molecule has 0 aliphatic carbocycles. The van der Waals surface area contributed by atoms with Gasteiger partial charge in [-0.25, -0.2) is 8.42 Å². The Bertz CT molecular complexity index is 1360. The number of nitrogens with one attached hydrogen (secondary N) is 1. The summed E-state index contributed by atoms with van der Waals surface area (Å²) in [6.07, 6.45) is 0. The van der Waals surface area contributed by atoms with Crippen LogP contribution in [0.25, 0.3) is 0 Å². The molecular formula is C30H37N3O5S. The fourth-order valence-corrected chi connectivity index (χ4v) is 5.47. The zero-order valence-electron chi connectivity index (χ0n) is 23.1. The van der Waals surface area contributed by atoms with Crippen molar-refractivity contribution < 1.29 is 22.7 Å². The van der Waals surface area contributed by atoms with E-state index in [0.29, 0.717) is 18.0 Å². The van der Waals surface area contributed by atoms with Gasteiger partial charge < -0.3 is 15.0 Å². The number of carbonyl (C=O) groups excluding carboxylic acids is 2. The highest BCUT2D eigenvalue weighted by Crippen LogP contribution is 2.26. The van der Waals surface area contributed by atoms with Gasteiger partial charge >= 0.3 is 0 Å². The number of benzene rings is 3. The summed E-state index contributed by atoms with van der Waals surface area (Å²) >= 11 is 0. The summed E-state index contributed by atoms with van der Waals surface area (Å²) in [6, 6.07) is 21.3. The first-order valence-corrected chi connectivity index (χ1v) is 14.3. The maximum absolute atomic E-state index is 13.9. The molecule has 0 radical (unpaired) electrons. The van der Waals surface area contributed by atoms with Gasteiger partial charge in [0.1, 0.15) is 18.3 Å². The lowest BCUT2D eigenvalue weighted by atomic mass is 10.1. The molecule has 0 aliphatic heterocycles. The molecule has 0 saturated carbocycles. The van der Waals surface area contributed by atoms with Crippen LogP contribution in [0.2, 0.25) is 0 Å². The SMILES string of the molecule is COc1ccc(N(CC(=O)N(Cc2cccc(C)c2)[C@@H](C)C(=O)NCC(C)C)S(=O)(=O)c2ccccc2)cc1. The molecule has 8 nitrogen and oxygen atoms in total. The third-order valence-corrected chi connectivity index (χ3v) is 8.05. The first kappa shape index (κ1) is 29.7. The number of methoxy groups -OCH3 is 1. The van der Waals surface area contributed by atoms with Gasteiger partial charge in [0.2, 0.25) is 11.8 Å². The molecule has 9 heteroatoms. The van der Waals surface area contributed by atoms with Crippen LogP contribution in [0.4, 0.5) is 5.69 Å². The van der Waals surface area contributed by atoms with Gasteiger partial charge in [-0.2, -0.15) is 0 Å². The summed E-state index contributed by atoms with van der Waals surface area (Å²) in [4.78, 5) is 28.5. The Morgan fingerprint density at radius 3 is 2.18 bits per heavy atom. The maximum Gasteiger partial charge on any atom is 0.264 e. The summed E-state index contributed by atoms with van der Waals surface area (Å²) in [5.41, 5.74) is 2.16. The van der Waals surface area contributed by atoms with Gasteiger partial charge in [-0.05, 0) is 61.7 Å². The summed E-state index contributed by atoms with van der Waals surface area (Å²) in [6.45, 7) is 7.72. The number of ether oxygens (including phenoxy) is 1. The Hall–Kier alpha value is -3.85. The van der Waals surface area contributed by atoms with Crippen LogP contribution in [0.5, 0.6) is 5.75 Å². The van der Waals surface area contributed by atoms with Gasteiger partial charge in [-0.15, -0.1) is 0 Å². The number of carbonyl (C=O) groups is 2. The minimum atomic E-state index is -4.10. The van der Waals surface area contributed by atoms with Crippen molar-refractivity contribution in [3.63, 3.8) is 0 Å². The summed E-state index contributed by atoms with van der Waals surface area (Å²) in [7, 11) is -2.59. The molecule has 0 bridgehead atoms. The van der Waals surface area contributed by atoms with E-state index in [1.165, 1.54) is 24.1 Å². The normalized spacial score (nSPS) is 12.1. The molecule has 39 heavy (non-hydrogen) atoms. The van der Waals surface area contributed by atoms with Crippen molar-refractivity contribution in [3.8, 4) is 5.75 Å². The van der Waals surface area contributed by atoms with Crippen molar-refractivity contribution >= 4 is 27.5 Å². The van der Waals surface area contributed by atoms with E-state index in [0.717, 1.165) is 15.4 Å². The number of hydrogen-bond acceptors (Lipinski definition) is 5. The van der Waals surface area contributed by atoms with Gasteiger partial charge in [0.15, 0.2) is 0 Å². The predicted octanol–water partition coefficient (Wildman–Crippen LogP) is 4.39. The molecule has 1 N–H and O–H groups in total. The van der Waals surface area contributed by atoms with E-state index >= 15 is 0 Å². The number of rotatable bonds is 12. The monoisotopic (exact) mass is 551 g/mol. The lowest BCUT2D eigenvalue weighted by molar-refractivity contribution is -0.139. The first-order valence-electron chi connectivity index (χ1n) is 12.9. The number of aryl methyl sites for hydroxylation is 1. The van der Waals surface area contributed by atoms with Crippen LogP contribution < -0.4 is 14.4 Å². The van der Waals surface area contributed by atoms with Crippen molar-refractivity contribution in [1.82, 2.24) is 10.2 Å². The number of amides is 2. The van der Waals surface area contributed by atoms with Crippen LogP contribution in [0.3, 0.4) is 0 Å². The summed E-state index contributed by atoms with van der Waals surface area (Å²) in [5.74, 6) is -0.00652. The van der Waals surface area contributed by atoms with Gasteiger partial charge in [0.25, 0.3) is 10.0 Å². The van der Waals surface area contributed by atoms with Gasteiger partial charge in [-0.3, -0.25) is 13.9 Å². The second-order valence-corrected chi connectivity index (χ2v) is 11.7. The molecule has 0 heterocycles. The van der Waals surface area contributed by atoms with Crippen molar-refractivity contribution in [2.75, 3.05) is 24.5 Å². The zero-order valence-corrected chi connectivity index (χ0v) is 23.9. The van der Waals surface area contributed by atoms with Crippen LogP contribution in [0, 0.1) is 12.8 Å². The Balaban J connectivity index is 2.00. The molecule has 1 atom stereocenters. The Labute approximate surface area is 231 Å². The van der Waals surface area contributed by atoms with Crippen LogP contribution in [0.15, 0.2) is 83.8 Å². The molecule has 0 fully saturated rings. The summed E-state index contributed by atoms with van der Waals surface area (Å²) < 4.78 is 33.8. The molecule has 3 aromatic carbocycles. The van der Waals surface area contributed by atoms with Crippen LogP contribution in [-0.2, 0) is 26.2 Å². The summed E-state index contributed by atoms with van der Waals surface area (Å²) in [5, 5.41) is 2.89. The number of sulfonamides is 1. The second-order valence-electron chi connectivity index (χ2n) is 9.85. The minimum Gasteiger partial charge on any atom is -0.497 e. The second kappa shape index (κ2) is 13.3. The van der Waals surface area contributed by atoms with E-state index in [9.17, 15) is 18.0 Å². The van der Waals surface area contributed by atoms with Crippen molar-refractivity contribution in [2.24, 2.45) is 5.92 Å². The average molecular weight is 552 g/mol. The molecule has 2 amide bonds. The highest BCUT2D eigenvalue weighted by atomic mass is 32.2. The third-order valence-electron chi connectivity index (χ3n) is 6.26. The standard InChI is InChI=1S/C30H37N3O5S/c1-22(2)19-31-30(35)24(4)32(20-25-11-9-10-23(3)18-25)29(34)21-33(26-14-16-27(38-5)17-15-26)39(36,37)28-12-7-6-8-13-28/h6-18,22,24H,19-21H2,1-5H3,(H,31,35)/t24-/m0/s1. The van der Waals surface area contributed by atoms with E-state index in [1.54, 1.807) is 49.4 Å². The minimum absolute atomic E-state index is 0.0570. The molecule has 3 rings (SSSR count). The zero-order chi connectivity index (χ0) is 28.6. The highest BCUT2D eigenvalue weighted by molar-refractivity contribution is 7.92. The Morgan fingerprint density at radius 2 is 1.59 bits per heavy atom. The quantitative estimate of drug-likeness (QED) is 0.360. The highest BCUT2D eigenvalue weighted by Gasteiger charge is 2.32. The van der Waals surface area contributed by atoms with Gasteiger partial charge in [0, 0.05) is 13.1 Å². The maximum atomic E-state index is 13.9. The Kier molecular flexibility index (Phi) is 10.1. The predicted molar refractivity (Wildman–Crippen MR) is 153 cm³/mol. The Morgan fingerprint density at radius 1 is 0.923 bits per heavy atom. The molecule has 208 valence electrons. The number of hydrogen-bond donors (Lipinski definition) is 1. The van der Waals surface area contributed by atoms with Crippen molar-refractivity contribution in [1.29, 1.82) is 0 Å². The van der Waals surface area contributed by atoms with Crippen LogP contribution >= 0.6 is 0 Å². The largest absolute Gasteiger partial charge is 0.497 e. The molecule has 0 unspecified atom stereocenters. The van der Waals surface area contributed by atoms with Crippen LogP contribution in [0.1, 0.15) is 31.9 Å². The molecule has 3 aromatic rings. The lowest BCUT2D eigenvalue weighted by Gasteiger charge is -2.32. The van der Waals surface area contributed by atoms with E-state index in [1.807, 2.05) is 45.0 Å². The van der Waals surface area contributed by atoms with E-state index in [-0.39, 0.29) is 23.3 Å². The number of anilines is 1. The van der Waals surface area contributed by atoms with Gasteiger partial charge in [-0.1, -0.05) is 61.9 Å². The first-order chi connectivity index (χ1) is 18.5. The molecule has 0 aliphatic rings. The fraction of sp³-hybridized carbons (Fsp3) is 0.333. The lowest BCUT2D eigenvalue weighted by Crippen LogP contribution is -2.51. The average Bonchev–Trinajstić information content (AvgIpc) is 2.93. The molecular weight excluding hydrogens is 514 g/mol. The fourth-order valence-electron chi connectivity index (χ4n) is 4.04. The van der Waals surface area contributed by atoms with E-state index < -0.39 is 28.5 Å². The van der Waals surface area contributed by atoms with E-state index in [2.05, 4.69) is 5.32 Å². The topological polar surface area (TPSA) is 96.0 Å². The van der Waals surface area contributed by atoms with E-state index in [4.69, 9.17) is 4.74 Å². The van der Waals surface area contributed by atoms with Gasteiger partial charge in [0.05, 0.1) is 17.7 Å². The van der Waals surface area contributed by atoms with Crippen molar-refractivity contribution in [3.05, 3.63) is 90.0 Å². The van der Waals surface area contributed by atoms with Crippen LogP contribution in [-0.4, -0.2) is 51.4 Å². The molecule has 0 spiro atoms. The smallest absolute Gasteiger partial charge is 0.264 e. The molecule has 0 aromatic heterocycles. The third kappa shape index (κ3) is 7.83.